The van der Waals surface area contributed by atoms with Gasteiger partial charge in [-0.25, -0.2) is 13.4 Å². The molecule has 0 aliphatic carbocycles. The van der Waals surface area contributed by atoms with Crippen LogP contribution in [-0.2, 0) is 14.8 Å². The molecule has 5 rings (SSSR count). The number of carbonyl (C=O) groups excluding carboxylic acids is 1. The summed E-state index contributed by atoms with van der Waals surface area (Å²) in [6, 6.07) is 14.4. The molecule has 1 atom stereocenters. The molecular formula is C24H27ClN4O3S2. The molecule has 180 valence electrons. The van der Waals surface area contributed by atoms with E-state index in [4.69, 9.17) is 11.6 Å². The van der Waals surface area contributed by atoms with Gasteiger partial charge in [0.2, 0.25) is 5.91 Å². The van der Waals surface area contributed by atoms with Crippen molar-refractivity contribution in [1.29, 1.82) is 0 Å². The maximum atomic E-state index is 13.2. The molecule has 34 heavy (non-hydrogen) atoms. The number of carbonyl (C=O) groups is 1. The van der Waals surface area contributed by atoms with Crippen LogP contribution in [0.2, 0.25) is 5.02 Å². The molecule has 1 aromatic heterocycles. The first-order chi connectivity index (χ1) is 16.4. The number of likely N-dealkylation sites (tertiary alicyclic amines) is 1. The predicted molar refractivity (Wildman–Crippen MR) is 137 cm³/mol. The SMILES string of the molecule is O=C1[C@@H](N2CCC(c3ccc(Cl)cc3)CC2)CCN1c1ccc(S(=O)(=O)Nc2nccs2)cc1.[HH]. The number of rotatable bonds is 6. The van der Waals surface area contributed by atoms with E-state index in [2.05, 4.69) is 26.7 Å². The molecule has 0 spiro atoms. The minimum Gasteiger partial charge on any atom is -0.311 e. The second-order valence-corrected chi connectivity index (χ2v) is 11.6. The highest BCUT2D eigenvalue weighted by atomic mass is 35.5. The van der Waals surface area contributed by atoms with Crippen LogP contribution >= 0.6 is 22.9 Å². The summed E-state index contributed by atoms with van der Waals surface area (Å²) in [5, 5.41) is 2.77. The molecule has 7 nitrogen and oxygen atoms in total. The number of anilines is 2. The summed E-state index contributed by atoms with van der Waals surface area (Å²) in [7, 11) is -3.72. The van der Waals surface area contributed by atoms with Crippen molar-refractivity contribution in [3.63, 3.8) is 0 Å². The largest absolute Gasteiger partial charge is 0.311 e. The molecule has 10 heteroatoms. The van der Waals surface area contributed by atoms with Crippen molar-refractivity contribution in [3.8, 4) is 0 Å². The summed E-state index contributed by atoms with van der Waals surface area (Å²) in [4.78, 5) is 21.4. The Morgan fingerprint density at radius 2 is 1.71 bits per heavy atom. The van der Waals surface area contributed by atoms with Gasteiger partial charge in [-0.05, 0) is 80.2 Å². The Balaban J connectivity index is 0.00000289. The number of benzene rings is 2. The fraction of sp³-hybridized carbons (Fsp3) is 0.333. The maximum Gasteiger partial charge on any atom is 0.263 e. The van der Waals surface area contributed by atoms with Crippen LogP contribution in [0.4, 0.5) is 10.8 Å². The fourth-order valence-electron chi connectivity index (χ4n) is 4.79. The van der Waals surface area contributed by atoms with E-state index in [0.717, 1.165) is 43.1 Å². The number of hydrogen-bond acceptors (Lipinski definition) is 6. The summed E-state index contributed by atoms with van der Waals surface area (Å²) in [5.74, 6) is 0.579. The minimum absolute atomic E-state index is 0. The summed E-state index contributed by atoms with van der Waals surface area (Å²) >= 11 is 7.23. The molecule has 2 aliphatic heterocycles. The van der Waals surface area contributed by atoms with Gasteiger partial charge in [-0.1, -0.05) is 23.7 Å². The highest BCUT2D eigenvalue weighted by molar-refractivity contribution is 7.93. The van der Waals surface area contributed by atoms with Gasteiger partial charge in [0.15, 0.2) is 5.13 Å². The van der Waals surface area contributed by atoms with Crippen molar-refractivity contribution in [2.75, 3.05) is 29.3 Å². The lowest BCUT2D eigenvalue weighted by atomic mass is 9.89. The number of nitrogens with one attached hydrogen (secondary N) is 1. The number of hydrogen-bond donors (Lipinski definition) is 1. The van der Waals surface area contributed by atoms with E-state index in [-0.39, 0.29) is 18.3 Å². The molecule has 0 bridgehead atoms. The van der Waals surface area contributed by atoms with Crippen molar-refractivity contribution in [1.82, 2.24) is 9.88 Å². The van der Waals surface area contributed by atoms with E-state index in [1.165, 1.54) is 29.0 Å². The van der Waals surface area contributed by atoms with Crippen molar-refractivity contribution in [2.45, 2.75) is 36.1 Å². The Labute approximate surface area is 209 Å². The van der Waals surface area contributed by atoms with E-state index in [1.54, 1.807) is 28.6 Å². The first-order valence-corrected chi connectivity index (χ1v) is 14.0. The second kappa shape index (κ2) is 9.65. The number of thiazole rings is 1. The summed E-state index contributed by atoms with van der Waals surface area (Å²) in [6.07, 6.45) is 4.35. The van der Waals surface area contributed by atoms with Gasteiger partial charge in [0, 0.05) is 30.3 Å². The van der Waals surface area contributed by atoms with Crippen molar-refractivity contribution < 1.29 is 14.6 Å². The third-order valence-electron chi connectivity index (χ3n) is 6.60. The third-order valence-corrected chi connectivity index (χ3v) is 9.03. The van der Waals surface area contributed by atoms with Gasteiger partial charge >= 0.3 is 0 Å². The average Bonchev–Trinajstić information content (AvgIpc) is 3.49. The lowest BCUT2D eigenvalue weighted by Crippen LogP contribution is -2.45. The molecule has 2 aliphatic rings. The van der Waals surface area contributed by atoms with Gasteiger partial charge in [0.05, 0.1) is 10.9 Å². The van der Waals surface area contributed by atoms with Crippen LogP contribution in [0.25, 0.3) is 0 Å². The number of halogens is 1. The Morgan fingerprint density at radius 3 is 2.35 bits per heavy atom. The number of piperidine rings is 1. The van der Waals surface area contributed by atoms with E-state index in [0.29, 0.717) is 17.6 Å². The van der Waals surface area contributed by atoms with E-state index in [9.17, 15) is 13.2 Å². The van der Waals surface area contributed by atoms with Crippen LogP contribution in [0.15, 0.2) is 65.0 Å². The highest BCUT2D eigenvalue weighted by Crippen LogP contribution is 2.33. The quantitative estimate of drug-likeness (QED) is 0.505. The summed E-state index contributed by atoms with van der Waals surface area (Å²) in [6.45, 7) is 2.40. The second-order valence-electron chi connectivity index (χ2n) is 8.59. The molecule has 2 aromatic carbocycles. The first-order valence-electron chi connectivity index (χ1n) is 11.2. The third kappa shape index (κ3) is 4.84. The van der Waals surface area contributed by atoms with Gasteiger partial charge in [-0.3, -0.25) is 14.4 Å². The zero-order valence-electron chi connectivity index (χ0n) is 18.4. The van der Waals surface area contributed by atoms with Crippen molar-refractivity contribution in [2.24, 2.45) is 0 Å². The number of sulfonamides is 1. The van der Waals surface area contributed by atoms with Crippen LogP contribution in [0, 0.1) is 0 Å². The smallest absolute Gasteiger partial charge is 0.263 e. The maximum absolute atomic E-state index is 13.2. The molecule has 3 aromatic rings. The van der Waals surface area contributed by atoms with Gasteiger partial charge in [0.1, 0.15) is 0 Å². The Morgan fingerprint density at radius 1 is 1.00 bits per heavy atom. The molecule has 1 N–H and O–H groups in total. The van der Waals surface area contributed by atoms with E-state index in [1.807, 2.05) is 12.1 Å². The molecule has 1 amide bonds. The molecule has 0 unspecified atom stereocenters. The topological polar surface area (TPSA) is 82.6 Å². The van der Waals surface area contributed by atoms with Crippen molar-refractivity contribution >= 4 is 49.7 Å². The van der Waals surface area contributed by atoms with E-state index < -0.39 is 10.0 Å². The fourth-order valence-corrected chi connectivity index (χ4v) is 6.71. The van der Waals surface area contributed by atoms with Gasteiger partial charge in [-0.15, -0.1) is 11.3 Å². The zero-order valence-corrected chi connectivity index (χ0v) is 20.8. The highest BCUT2D eigenvalue weighted by Gasteiger charge is 2.38. The normalized spacial score (nSPS) is 20.1. The van der Waals surface area contributed by atoms with Gasteiger partial charge in [0.25, 0.3) is 10.0 Å². The van der Waals surface area contributed by atoms with Crippen LogP contribution in [0.1, 0.15) is 32.2 Å². The lowest BCUT2D eigenvalue weighted by molar-refractivity contribution is -0.122. The number of nitrogens with zero attached hydrogens (tertiary/aromatic N) is 3. The number of amides is 1. The zero-order chi connectivity index (χ0) is 23.7. The van der Waals surface area contributed by atoms with Crippen LogP contribution in [-0.4, -0.2) is 49.9 Å². The standard InChI is InChI=1S/C24H25ClN4O3S2.H2/c25-19-3-1-17(2-4-19)18-9-13-28(14-10-18)22-11-15-29(23(22)30)20-5-7-21(8-6-20)34(31,32)27-24-26-12-16-33-24;/h1-8,12,16,18,22H,9-11,13-15H2,(H,26,27);1H/t22-;/m0./s1. The van der Waals surface area contributed by atoms with Crippen LogP contribution in [0.3, 0.4) is 0 Å². The molecule has 0 radical (unpaired) electrons. The van der Waals surface area contributed by atoms with Gasteiger partial charge < -0.3 is 4.90 Å². The lowest BCUT2D eigenvalue weighted by Gasteiger charge is -2.35. The van der Waals surface area contributed by atoms with Gasteiger partial charge in [-0.2, -0.15) is 0 Å². The first kappa shape index (κ1) is 23.3. The Bertz CT molecular complexity index is 1250. The summed E-state index contributed by atoms with van der Waals surface area (Å²) in [5.41, 5.74) is 2.03. The van der Waals surface area contributed by atoms with E-state index >= 15 is 0 Å². The summed E-state index contributed by atoms with van der Waals surface area (Å²) < 4.78 is 27.6. The van der Waals surface area contributed by atoms with Crippen LogP contribution in [0.5, 0.6) is 0 Å². The Hall–Kier alpha value is -2.46. The minimum atomic E-state index is -3.72. The average molecular weight is 519 g/mol. The monoisotopic (exact) mass is 518 g/mol. The number of aromatic nitrogens is 1. The van der Waals surface area contributed by atoms with Crippen molar-refractivity contribution in [3.05, 3.63) is 70.7 Å². The molecule has 2 fully saturated rings. The Kier molecular flexibility index (Phi) is 6.61. The molecule has 3 heterocycles. The molecule has 2 saturated heterocycles. The molecular weight excluding hydrogens is 492 g/mol. The molecule has 0 saturated carbocycles. The predicted octanol–water partition coefficient (Wildman–Crippen LogP) is 4.83. The van der Waals surface area contributed by atoms with Crippen LogP contribution < -0.4 is 9.62 Å².